The number of rotatable bonds is 5. The number of aryl methyl sites for hydroxylation is 1. The summed E-state index contributed by atoms with van der Waals surface area (Å²) in [6.07, 6.45) is 0.816. The first kappa shape index (κ1) is 12.3. The molecular formula is C10H17N3OS. The van der Waals surface area contributed by atoms with Crippen LogP contribution in [0.15, 0.2) is 11.1 Å². The minimum atomic E-state index is 0.158. The van der Waals surface area contributed by atoms with Gasteiger partial charge in [-0.2, -0.15) is 0 Å². The van der Waals surface area contributed by atoms with E-state index >= 15 is 0 Å². The Morgan fingerprint density at radius 1 is 1.53 bits per heavy atom. The Hall–Kier alpha value is -0.810. The third-order valence-corrected chi connectivity index (χ3v) is 2.90. The standard InChI is InChI=1S/C10H17N3OS/c1-4-8-12-9(11-3)5-10(13-8)15-7(2)6-14/h5,7,14H,4,6H2,1-3H3,(H,11,12,13). The zero-order chi connectivity index (χ0) is 11.3. The van der Waals surface area contributed by atoms with Gasteiger partial charge in [-0.05, 0) is 0 Å². The lowest BCUT2D eigenvalue weighted by atomic mass is 10.4. The topological polar surface area (TPSA) is 58.0 Å². The average molecular weight is 227 g/mol. The number of thioether (sulfide) groups is 1. The second-order valence-corrected chi connectivity index (χ2v) is 4.68. The molecule has 0 aliphatic rings. The van der Waals surface area contributed by atoms with Crippen LogP contribution in [0.25, 0.3) is 0 Å². The first-order valence-electron chi connectivity index (χ1n) is 5.02. The molecule has 1 rings (SSSR count). The monoisotopic (exact) mass is 227 g/mol. The lowest BCUT2D eigenvalue weighted by Crippen LogP contribution is -2.05. The molecule has 84 valence electrons. The van der Waals surface area contributed by atoms with E-state index in [-0.39, 0.29) is 11.9 Å². The summed E-state index contributed by atoms with van der Waals surface area (Å²) in [6.45, 7) is 4.15. The van der Waals surface area contributed by atoms with Crippen LogP contribution in [0.1, 0.15) is 19.7 Å². The van der Waals surface area contributed by atoms with E-state index in [9.17, 15) is 0 Å². The molecule has 1 heterocycles. The van der Waals surface area contributed by atoms with Gasteiger partial charge in [0.2, 0.25) is 0 Å². The summed E-state index contributed by atoms with van der Waals surface area (Å²) < 4.78 is 0. The van der Waals surface area contributed by atoms with Gasteiger partial charge in [0.15, 0.2) is 0 Å². The summed E-state index contributed by atoms with van der Waals surface area (Å²) >= 11 is 1.56. The van der Waals surface area contributed by atoms with Gasteiger partial charge in [0.1, 0.15) is 16.7 Å². The third-order valence-electron chi connectivity index (χ3n) is 1.90. The van der Waals surface area contributed by atoms with Crippen molar-refractivity contribution in [3.05, 3.63) is 11.9 Å². The molecule has 4 nitrogen and oxygen atoms in total. The molecule has 0 aliphatic carbocycles. The fourth-order valence-corrected chi connectivity index (χ4v) is 1.89. The number of aliphatic hydroxyl groups is 1. The molecule has 0 aliphatic heterocycles. The molecule has 1 unspecified atom stereocenters. The van der Waals surface area contributed by atoms with Crippen molar-refractivity contribution in [1.29, 1.82) is 0 Å². The van der Waals surface area contributed by atoms with Crippen LogP contribution >= 0.6 is 11.8 Å². The molecule has 2 N–H and O–H groups in total. The van der Waals surface area contributed by atoms with Crippen LogP contribution < -0.4 is 5.32 Å². The highest BCUT2D eigenvalue weighted by Gasteiger charge is 2.07. The van der Waals surface area contributed by atoms with Crippen LogP contribution in [-0.2, 0) is 6.42 Å². The fourth-order valence-electron chi connectivity index (χ4n) is 1.06. The summed E-state index contributed by atoms with van der Waals surface area (Å²) in [7, 11) is 1.84. The van der Waals surface area contributed by atoms with Crippen LogP contribution in [0.5, 0.6) is 0 Å². The van der Waals surface area contributed by atoms with E-state index in [0.29, 0.717) is 0 Å². The van der Waals surface area contributed by atoms with Crippen molar-refractivity contribution in [1.82, 2.24) is 9.97 Å². The normalized spacial score (nSPS) is 12.5. The number of hydrogen-bond acceptors (Lipinski definition) is 5. The van der Waals surface area contributed by atoms with E-state index in [0.717, 1.165) is 23.1 Å². The van der Waals surface area contributed by atoms with E-state index in [1.807, 2.05) is 27.0 Å². The van der Waals surface area contributed by atoms with Gasteiger partial charge in [-0.1, -0.05) is 13.8 Å². The Labute approximate surface area is 94.5 Å². The van der Waals surface area contributed by atoms with Gasteiger partial charge < -0.3 is 10.4 Å². The predicted molar refractivity (Wildman–Crippen MR) is 63.4 cm³/mol. The summed E-state index contributed by atoms with van der Waals surface area (Å²) in [5.41, 5.74) is 0. The molecular weight excluding hydrogens is 210 g/mol. The van der Waals surface area contributed by atoms with E-state index < -0.39 is 0 Å². The van der Waals surface area contributed by atoms with Crippen molar-refractivity contribution < 1.29 is 5.11 Å². The Morgan fingerprint density at radius 3 is 2.80 bits per heavy atom. The molecule has 0 aromatic carbocycles. The minimum absolute atomic E-state index is 0.158. The average Bonchev–Trinajstić information content (AvgIpc) is 2.28. The number of hydrogen-bond donors (Lipinski definition) is 2. The maximum Gasteiger partial charge on any atom is 0.131 e. The van der Waals surface area contributed by atoms with Crippen LogP contribution in [-0.4, -0.2) is 34.0 Å². The molecule has 1 aromatic heterocycles. The Kier molecular flexibility index (Phi) is 4.84. The van der Waals surface area contributed by atoms with Crippen LogP contribution in [0, 0.1) is 0 Å². The number of nitrogens with one attached hydrogen (secondary N) is 1. The lowest BCUT2D eigenvalue weighted by Gasteiger charge is -2.09. The van der Waals surface area contributed by atoms with E-state index in [4.69, 9.17) is 5.11 Å². The maximum absolute atomic E-state index is 8.97. The summed E-state index contributed by atoms with van der Waals surface area (Å²) in [5.74, 6) is 1.66. The predicted octanol–water partition coefficient (Wildman–Crippen LogP) is 1.55. The number of nitrogens with zero attached hydrogens (tertiary/aromatic N) is 2. The largest absolute Gasteiger partial charge is 0.395 e. The quantitative estimate of drug-likeness (QED) is 0.590. The van der Waals surface area contributed by atoms with Gasteiger partial charge in [0, 0.05) is 24.8 Å². The smallest absolute Gasteiger partial charge is 0.131 e. The number of aliphatic hydroxyl groups excluding tert-OH is 1. The summed E-state index contributed by atoms with van der Waals surface area (Å²) in [6, 6.07) is 1.90. The first-order valence-corrected chi connectivity index (χ1v) is 5.90. The molecule has 0 radical (unpaired) electrons. The molecule has 15 heavy (non-hydrogen) atoms. The fraction of sp³-hybridized carbons (Fsp3) is 0.600. The van der Waals surface area contributed by atoms with Crippen LogP contribution in [0.4, 0.5) is 5.82 Å². The SMILES string of the molecule is CCc1nc(NC)cc(SC(C)CO)n1. The summed E-state index contributed by atoms with van der Waals surface area (Å²) in [5, 5.41) is 13.0. The Balaban J connectivity index is 2.86. The van der Waals surface area contributed by atoms with Gasteiger partial charge in [-0.25, -0.2) is 9.97 Å². The second kappa shape index (κ2) is 5.92. The highest BCUT2D eigenvalue weighted by atomic mass is 32.2. The number of anilines is 1. The molecule has 5 heteroatoms. The molecule has 0 fully saturated rings. The van der Waals surface area contributed by atoms with Gasteiger partial charge >= 0.3 is 0 Å². The van der Waals surface area contributed by atoms with Crippen molar-refractivity contribution in [2.24, 2.45) is 0 Å². The lowest BCUT2D eigenvalue weighted by molar-refractivity contribution is 0.300. The molecule has 0 spiro atoms. The zero-order valence-electron chi connectivity index (χ0n) is 9.32. The molecule has 1 atom stereocenters. The van der Waals surface area contributed by atoms with Crippen LogP contribution in [0.2, 0.25) is 0 Å². The highest BCUT2D eigenvalue weighted by Crippen LogP contribution is 2.22. The van der Waals surface area contributed by atoms with Crippen LogP contribution in [0.3, 0.4) is 0 Å². The van der Waals surface area contributed by atoms with Gasteiger partial charge in [-0.15, -0.1) is 11.8 Å². The van der Waals surface area contributed by atoms with E-state index in [1.165, 1.54) is 0 Å². The van der Waals surface area contributed by atoms with Gasteiger partial charge in [-0.3, -0.25) is 0 Å². The van der Waals surface area contributed by atoms with E-state index in [2.05, 4.69) is 15.3 Å². The maximum atomic E-state index is 8.97. The molecule has 0 amide bonds. The van der Waals surface area contributed by atoms with E-state index in [1.54, 1.807) is 11.8 Å². The Morgan fingerprint density at radius 2 is 2.27 bits per heavy atom. The van der Waals surface area contributed by atoms with Crippen molar-refractivity contribution in [3.63, 3.8) is 0 Å². The van der Waals surface area contributed by atoms with Gasteiger partial charge in [0.05, 0.1) is 6.61 Å². The van der Waals surface area contributed by atoms with Crippen molar-refractivity contribution in [2.75, 3.05) is 19.0 Å². The first-order chi connectivity index (χ1) is 7.19. The molecule has 0 saturated heterocycles. The number of aromatic nitrogens is 2. The Bertz CT molecular complexity index is 297. The van der Waals surface area contributed by atoms with Gasteiger partial charge in [0.25, 0.3) is 0 Å². The third kappa shape index (κ3) is 3.68. The molecule has 0 bridgehead atoms. The van der Waals surface area contributed by atoms with Crippen molar-refractivity contribution >= 4 is 17.6 Å². The van der Waals surface area contributed by atoms with Crippen molar-refractivity contribution in [3.8, 4) is 0 Å². The highest BCUT2D eigenvalue weighted by molar-refractivity contribution is 7.99. The van der Waals surface area contributed by atoms with Crippen molar-refractivity contribution in [2.45, 2.75) is 30.5 Å². The molecule has 0 saturated carbocycles. The molecule has 1 aromatic rings. The summed E-state index contributed by atoms with van der Waals surface area (Å²) in [4.78, 5) is 8.69. The second-order valence-electron chi connectivity index (χ2n) is 3.22. The minimum Gasteiger partial charge on any atom is -0.395 e. The zero-order valence-corrected chi connectivity index (χ0v) is 10.1.